The molecule has 0 aliphatic carbocycles. The highest BCUT2D eigenvalue weighted by Crippen LogP contribution is 2.11. The van der Waals surface area contributed by atoms with Gasteiger partial charge in [0.25, 0.3) is 0 Å². The zero-order chi connectivity index (χ0) is 12.0. The van der Waals surface area contributed by atoms with Gasteiger partial charge in [0.1, 0.15) is 6.61 Å². The van der Waals surface area contributed by atoms with Crippen molar-refractivity contribution in [2.45, 2.75) is 20.8 Å². The Labute approximate surface area is 95.3 Å². The summed E-state index contributed by atoms with van der Waals surface area (Å²) in [5.74, 6) is -0.0865. The molecular formula is C12H16N2O2. The van der Waals surface area contributed by atoms with Crippen LogP contribution in [0.5, 0.6) is 0 Å². The summed E-state index contributed by atoms with van der Waals surface area (Å²) in [6.07, 6.45) is 0. The van der Waals surface area contributed by atoms with Gasteiger partial charge in [-0.1, -0.05) is 17.3 Å². The second-order valence-corrected chi connectivity index (χ2v) is 3.36. The van der Waals surface area contributed by atoms with Gasteiger partial charge in [-0.15, -0.1) is 0 Å². The SMILES string of the molecule is CCO/N=C(\C)c1cccc(NC(C)=O)c1. The lowest BCUT2D eigenvalue weighted by Gasteiger charge is -2.05. The van der Waals surface area contributed by atoms with Gasteiger partial charge in [-0.2, -0.15) is 0 Å². The summed E-state index contributed by atoms with van der Waals surface area (Å²) in [5.41, 5.74) is 2.48. The third-order valence-corrected chi connectivity index (χ3v) is 1.93. The molecule has 4 nitrogen and oxygen atoms in total. The predicted molar refractivity (Wildman–Crippen MR) is 64.6 cm³/mol. The van der Waals surface area contributed by atoms with Crippen LogP contribution in [-0.2, 0) is 9.63 Å². The van der Waals surface area contributed by atoms with Crippen LogP contribution in [0.3, 0.4) is 0 Å². The molecule has 0 heterocycles. The summed E-state index contributed by atoms with van der Waals surface area (Å²) in [7, 11) is 0. The molecule has 1 N–H and O–H groups in total. The van der Waals surface area contributed by atoms with Crippen molar-refractivity contribution in [1.29, 1.82) is 0 Å². The van der Waals surface area contributed by atoms with Crippen LogP contribution in [0.25, 0.3) is 0 Å². The normalized spacial score (nSPS) is 11.1. The number of hydrogen-bond donors (Lipinski definition) is 1. The number of amides is 1. The maximum Gasteiger partial charge on any atom is 0.221 e. The minimum atomic E-state index is -0.0865. The van der Waals surface area contributed by atoms with Gasteiger partial charge in [0.15, 0.2) is 0 Å². The number of carbonyl (C=O) groups is 1. The van der Waals surface area contributed by atoms with E-state index in [-0.39, 0.29) is 5.91 Å². The van der Waals surface area contributed by atoms with E-state index in [1.807, 2.05) is 38.1 Å². The number of hydrogen-bond acceptors (Lipinski definition) is 3. The summed E-state index contributed by atoms with van der Waals surface area (Å²) in [4.78, 5) is 15.9. The molecular weight excluding hydrogens is 204 g/mol. The van der Waals surface area contributed by atoms with Crippen molar-refractivity contribution in [1.82, 2.24) is 0 Å². The first-order chi connectivity index (χ1) is 7.63. The van der Waals surface area contributed by atoms with Gasteiger partial charge in [-0.25, -0.2) is 0 Å². The van der Waals surface area contributed by atoms with Gasteiger partial charge in [-0.05, 0) is 26.0 Å². The highest BCUT2D eigenvalue weighted by molar-refractivity contribution is 6.00. The molecule has 0 fully saturated rings. The molecule has 0 atom stereocenters. The number of oxime groups is 1. The average Bonchev–Trinajstić information content (AvgIpc) is 2.25. The van der Waals surface area contributed by atoms with Gasteiger partial charge in [0.05, 0.1) is 5.71 Å². The van der Waals surface area contributed by atoms with Crippen molar-refractivity contribution < 1.29 is 9.63 Å². The summed E-state index contributed by atoms with van der Waals surface area (Å²) in [6, 6.07) is 7.48. The van der Waals surface area contributed by atoms with E-state index in [0.717, 1.165) is 17.0 Å². The molecule has 16 heavy (non-hydrogen) atoms. The van der Waals surface area contributed by atoms with E-state index in [0.29, 0.717) is 6.61 Å². The molecule has 1 rings (SSSR count). The fourth-order valence-corrected chi connectivity index (χ4v) is 1.24. The Hall–Kier alpha value is -1.84. The molecule has 1 aromatic rings. The van der Waals surface area contributed by atoms with Gasteiger partial charge in [0, 0.05) is 18.2 Å². The van der Waals surface area contributed by atoms with Crippen molar-refractivity contribution in [3.63, 3.8) is 0 Å². The zero-order valence-electron chi connectivity index (χ0n) is 9.78. The fraction of sp³-hybridized carbons (Fsp3) is 0.333. The molecule has 4 heteroatoms. The molecule has 0 aliphatic rings. The lowest BCUT2D eigenvalue weighted by Crippen LogP contribution is -2.06. The molecule has 1 amide bonds. The quantitative estimate of drug-likeness (QED) is 0.625. The first kappa shape index (κ1) is 12.2. The number of nitrogens with zero attached hydrogens (tertiary/aromatic N) is 1. The maximum absolute atomic E-state index is 10.9. The Bertz CT molecular complexity index is 400. The molecule has 0 spiro atoms. The highest BCUT2D eigenvalue weighted by Gasteiger charge is 2.00. The molecule has 86 valence electrons. The standard InChI is InChI=1S/C12H16N2O2/c1-4-16-14-9(2)11-6-5-7-12(8-11)13-10(3)15/h5-8H,4H2,1-3H3,(H,13,15)/b14-9+. The first-order valence-electron chi connectivity index (χ1n) is 5.18. The molecule has 0 aromatic heterocycles. The summed E-state index contributed by atoms with van der Waals surface area (Å²) in [5, 5.41) is 6.66. The minimum Gasteiger partial charge on any atom is -0.396 e. The Morgan fingerprint density at radius 2 is 2.19 bits per heavy atom. The van der Waals surface area contributed by atoms with Crippen LogP contribution in [0.4, 0.5) is 5.69 Å². The van der Waals surface area contributed by atoms with Crippen LogP contribution in [0, 0.1) is 0 Å². The minimum absolute atomic E-state index is 0.0865. The smallest absolute Gasteiger partial charge is 0.221 e. The second kappa shape index (κ2) is 5.90. The van der Waals surface area contributed by atoms with E-state index in [1.54, 1.807) is 0 Å². The number of rotatable bonds is 4. The number of carbonyl (C=O) groups excluding carboxylic acids is 1. The number of benzene rings is 1. The van der Waals surface area contributed by atoms with Crippen molar-refractivity contribution in [2.75, 3.05) is 11.9 Å². The third-order valence-electron chi connectivity index (χ3n) is 1.93. The van der Waals surface area contributed by atoms with E-state index in [2.05, 4.69) is 10.5 Å². The van der Waals surface area contributed by atoms with Crippen LogP contribution < -0.4 is 5.32 Å². The first-order valence-corrected chi connectivity index (χ1v) is 5.18. The van der Waals surface area contributed by atoms with E-state index < -0.39 is 0 Å². The summed E-state index contributed by atoms with van der Waals surface area (Å²) in [6.45, 7) is 5.77. The topological polar surface area (TPSA) is 50.7 Å². The monoisotopic (exact) mass is 220 g/mol. The third kappa shape index (κ3) is 3.73. The number of nitrogens with one attached hydrogen (secondary N) is 1. The van der Waals surface area contributed by atoms with Gasteiger partial charge in [-0.3, -0.25) is 4.79 Å². The van der Waals surface area contributed by atoms with Crippen LogP contribution in [0.15, 0.2) is 29.4 Å². The van der Waals surface area contributed by atoms with E-state index in [1.165, 1.54) is 6.92 Å². The average molecular weight is 220 g/mol. The van der Waals surface area contributed by atoms with Crippen LogP contribution in [-0.4, -0.2) is 18.2 Å². The van der Waals surface area contributed by atoms with Crippen molar-refractivity contribution in [3.8, 4) is 0 Å². The molecule has 1 aromatic carbocycles. The Morgan fingerprint density at radius 1 is 1.44 bits per heavy atom. The second-order valence-electron chi connectivity index (χ2n) is 3.36. The van der Waals surface area contributed by atoms with Crippen molar-refractivity contribution in [2.24, 2.45) is 5.16 Å². The molecule has 0 aliphatic heterocycles. The molecule has 0 saturated carbocycles. The maximum atomic E-state index is 10.9. The summed E-state index contributed by atoms with van der Waals surface area (Å²) >= 11 is 0. The Balaban J connectivity index is 2.85. The Morgan fingerprint density at radius 3 is 2.81 bits per heavy atom. The number of anilines is 1. The van der Waals surface area contributed by atoms with Crippen LogP contribution in [0.2, 0.25) is 0 Å². The van der Waals surface area contributed by atoms with Gasteiger partial charge < -0.3 is 10.2 Å². The van der Waals surface area contributed by atoms with Crippen molar-refractivity contribution in [3.05, 3.63) is 29.8 Å². The largest absolute Gasteiger partial charge is 0.396 e. The molecule has 0 unspecified atom stereocenters. The van der Waals surface area contributed by atoms with E-state index >= 15 is 0 Å². The van der Waals surface area contributed by atoms with Crippen LogP contribution >= 0.6 is 0 Å². The fourth-order valence-electron chi connectivity index (χ4n) is 1.24. The highest BCUT2D eigenvalue weighted by atomic mass is 16.6. The summed E-state index contributed by atoms with van der Waals surface area (Å²) < 4.78 is 0. The molecule has 0 radical (unpaired) electrons. The van der Waals surface area contributed by atoms with E-state index in [9.17, 15) is 4.79 Å². The lowest BCUT2D eigenvalue weighted by atomic mass is 10.1. The van der Waals surface area contributed by atoms with Crippen LogP contribution in [0.1, 0.15) is 26.3 Å². The van der Waals surface area contributed by atoms with Gasteiger partial charge >= 0.3 is 0 Å². The molecule has 0 bridgehead atoms. The molecule has 0 saturated heterocycles. The van der Waals surface area contributed by atoms with Gasteiger partial charge in [0.2, 0.25) is 5.91 Å². The van der Waals surface area contributed by atoms with E-state index in [4.69, 9.17) is 4.84 Å². The zero-order valence-corrected chi connectivity index (χ0v) is 9.78. The predicted octanol–water partition coefficient (Wildman–Crippen LogP) is 2.41. The van der Waals surface area contributed by atoms with Crippen molar-refractivity contribution >= 4 is 17.3 Å². The Kier molecular flexibility index (Phi) is 4.51. The lowest BCUT2D eigenvalue weighted by molar-refractivity contribution is -0.114.